The first-order valence-corrected chi connectivity index (χ1v) is 6.26. The zero-order valence-corrected chi connectivity index (χ0v) is 11.7. The molecule has 0 radical (unpaired) electrons. The highest BCUT2D eigenvalue weighted by Gasteiger charge is 2.09. The van der Waals surface area contributed by atoms with Crippen molar-refractivity contribution in [2.75, 3.05) is 11.1 Å². The lowest BCUT2D eigenvalue weighted by molar-refractivity contribution is 0.0696. The molecule has 0 atom stereocenters. The number of carbonyl (C=O) groups is 1. The number of aromatic carboxylic acids is 1. The molecule has 0 spiro atoms. The Bertz CT molecular complexity index is 649. The summed E-state index contributed by atoms with van der Waals surface area (Å²) in [5.41, 5.74) is 6.58. The van der Waals surface area contributed by atoms with E-state index in [0.717, 1.165) is 0 Å². The molecule has 98 valence electrons. The van der Waals surface area contributed by atoms with E-state index in [1.165, 1.54) is 24.4 Å². The number of pyridine rings is 1. The van der Waals surface area contributed by atoms with E-state index in [9.17, 15) is 9.18 Å². The Balaban J connectivity index is 2.31. The second kappa shape index (κ2) is 5.39. The summed E-state index contributed by atoms with van der Waals surface area (Å²) in [5, 5.41) is 11.7. The number of nitrogens with one attached hydrogen (secondary N) is 1. The van der Waals surface area contributed by atoms with E-state index in [4.69, 9.17) is 10.8 Å². The van der Waals surface area contributed by atoms with E-state index < -0.39 is 5.97 Å². The highest BCUT2D eigenvalue weighted by Crippen LogP contribution is 2.25. The topological polar surface area (TPSA) is 88.2 Å². The molecule has 1 heterocycles. The van der Waals surface area contributed by atoms with Crippen LogP contribution in [0.3, 0.4) is 0 Å². The van der Waals surface area contributed by atoms with Crippen LogP contribution in [0.4, 0.5) is 21.6 Å². The van der Waals surface area contributed by atoms with Gasteiger partial charge in [0.1, 0.15) is 5.82 Å². The Morgan fingerprint density at radius 1 is 1.42 bits per heavy atom. The Hall–Kier alpha value is -1.90. The summed E-state index contributed by atoms with van der Waals surface area (Å²) in [6.07, 6.45) is 1.21. The minimum Gasteiger partial charge on any atom is -0.478 e. The molecule has 0 saturated heterocycles. The molecule has 7 heteroatoms. The summed E-state index contributed by atoms with van der Waals surface area (Å²) >= 11 is 1.98. The number of nitrogens with two attached hydrogens (primary N) is 1. The molecule has 0 amide bonds. The van der Waals surface area contributed by atoms with Crippen LogP contribution in [0.15, 0.2) is 30.5 Å². The summed E-state index contributed by atoms with van der Waals surface area (Å²) in [6.45, 7) is 0. The molecule has 19 heavy (non-hydrogen) atoms. The average Bonchev–Trinajstić information content (AvgIpc) is 2.34. The van der Waals surface area contributed by atoms with Crippen molar-refractivity contribution in [3.63, 3.8) is 0 Å². The normalized spacial score (nSPS) is 10.2. The lowest BCUT2D eigenvalue weighted by Crippen LogP contribution is -2.04. The van der Waals surface area contributed by atoms with Crippen molar-refractivity contribution in [3.05, 3.63) is 45.4 Å². The largest absolute Gasteiger partial charge is 0.478 e. The average molecular weight is 373 g/mol. The fourth-order valence-electron chi connectivity index (χ4n) is 1.42. The zero-order valence-electron chi connectivity index (χ0n) is 9.52. The van der Waals surface area contributed by atoms with E-state index in [1.807, 2.05) is 22.6 Å². The van der Waals surface area contributed by atoms with Gasteiger partial charge in [0.2, 0.25) is 0 Å². The van der Waals surface area contributed by atoms with E-state index in [-0.39, 0.29) is 17.1 Å². The number of carboxylic acid groups (broad SMARTS) is 1. The fraction of sp³-hybridized carbons (Fsp3) is 0. The number of nitrogen functional groups attached to an aromatic ring is 1. The SMILES string of the molecule is Nc1cc(C(=O)O)cnc1Nc1ccc(F)cc1I. The first-order chi connectivity index (χ1) is 8.97. The van der Waals surface area contributed by atoms with Gasteiger partial charge in [0.25, 0.3) is 0 Å². The van der Waals surface area contributed by atoms with Gasteiger partial charge < -0.3 is 16.2 Å². The van der Waals surface area contributed by atoms with Crippen molar-refractivity contribution in [3.8, 4) is 0 Å². The van der Waals surface area contributed by atoms with E-state index in [1.54, 1.807) is 6.07 Å². The van der Waals surface area contributed by atoms with E-state index >= 15 is 0 Å². The number of benzene rings is 1. The minimum absolute atomic E-state index is 0.0110. The lowest BCUT2D eigenvalue weighted by Gasteiger charge is -2.10. The summed E-state index contributed by atoms with van der Waals surface area (Å²) in [7, 11) is 0. The van der Waals surface area contributed by atoms with Crippen LogP contribution in [0.2, 0.25) is 0 Å². The highest BCUT2D eigenvalue weighted by atomic mass is 127. The molecule has 1 aromatic heterocycles. The molecule has 0 bridgehead atoms. The number of rotatable bonds is 3. The maximum atomic E-state index is 13.0. The second-order valence-electron chi connectivity index (χ2n) is 3.72. The predicted octanol–water partition coefficient (Wildman–Crippen LogP) is 2.85. The van der Waals surface area contributed by atoms with E-state index in [2.05, 4.69) is 10.3 Å². The van der Waals surface area contributed by atoms with Crippen molar-refractivity contribution in [1.29, 1.82) is 0 Å². The molecule has 4 N–H and O–H groups in total. The van der Waals surface area contributed by atoms with Crippen LogP contribution in [0.1, 0.15) is 10.4 Å². The molecule has 5 nitrogen and oxygen atoms in total. The van der Waals surface area contributed by atoms with Gasteiger partial charge in [0.15, 0.2) is 5.82 Å². The number of nitrogens with zero attached hydrogens (tertiary/aromatic N) is 1. The molecule has 0 fully saturated rings. The fourth-order valence-corrected chi connectivity index (χ4v) is 2.03. The highest BCUT2D eigenvalue weighted by molar-refractivity contribution is 14.1. The van der Waals surface area contributed by atoms with Crippen molar-refractivity contribution in [2.45, 2.75) is 0 Å². The number of halogens is 2. The van der Waals surface area contributed by atoms with Gasteiger partial charge in [0.05, 0.1) is 16.9 Å². The Morgan fingerprint density at radius 2 is 2.16 bits per heavy atom. The molecule has 1 aromatic carbocycles. The Kier molecular flexibility index (Phi) is 3.84. The van der Waals surface area contributed by atoms with Gasteiger partial charge in [-0.25, -0.2) is 14.2 Å². The maximum absolute atomic E-state index is 13.0. The number of hydrogen-bond donors (Lipinski definition) is 3. The quantitative estimate of drug-likeness (QED) is 0.721. The van der Waals surface area contributed by atoms with Crippen molar-refractivity contribution in [1.82, 2.24) is 4.98 Å². The molecular weight excluding hydrogens is 364 g/mol. The number of anilines is 3. The molecule has 0 saturated carbocycles. The van der Waals surface area contributed by atoms with Gasteiger partial charge in [-0.2, -0.15) is 0 Å². The van der Waals surface area contributed by atoms with Crippen molar-refractivity contribution >= 4 is 45.8 Å². The van der Waals surface area contributed by atoms with Crippen LogP contribution in [-0.4, -0.2) is 16.1 Å². The predicted molar refractivity (Wildman–Crippen MR) is 78.0 cm³/mol. The number of hydrogen-bond acceptors (Lipinski definition) is 4. The number of aromatic nitrogens is 1. The van der Waals surface area contributed by atoms with Gasteiger partial charge in [-0.3, -0.25) is 0 Å². The molecule has 2 rings (SSSR count). The van der Waals surface area contributed by atoms with E-state index in [0.29, 0.717) is 15.1 Å². The molecule has 0 aliphatic heterocycles. The van der Waals surface area contributed by atoms with Gasteiger partial charge in [-0.05, 0) is 46.9 Å². The van der Waals surface area contributed by atoms with Crippen LogP contribution >= 0.6 is 22.6 Å². The van der Waals surface area contributed by atoms with Crippen molar-refractivity contribution < 1.29 is 14.3 Å². The zero-order chi connectivity index (χ0) is 14.0. The maximum Gasteiger partial charge on any atom is 0.337 e. The summed E-state index contributed by atoms with van der Waals surface area (Å²) in [5.74, 6) is -1.10. The summed E-state index contributed by atoms with van der Waals surface area (Å²) in [6, 6.07) is 5.55. The van der Waals surface area contributed by atoms with Gasteiger partial charge >= 0.3 is 5.97 Å². The first kappa shape index (κ1) is 13.5. The number of carboxylic acids is 1. The standard InChI is InChI=1S/C12H9FIN3O2/c13-7-1-2-10(8(14)4-7)17-11-9(15)3-6(5-16-11)12(18)19/h1-5H,15H2,(H,16,17)(H,18,19). The van der Waals surface area contributed by atoms with Crippen molar-refractivity contribution in [2.24, 2.45) is 0 Å². The molecule has 2 aromatic rings. The third kappa shape index (κ3) is 3.11. The summed E-state index contributed by atoms with van der Waals surface area (Å²) < 4.78 is 13.6. The second-order valence-corrected chi connectivity index (χ2v) is 4.88. The van der Waals surface area contributed by atoms with Crippen LogP contribution < -0.4 is 11.1 Å². The van der Waals surface area contributed by atoms with Gasteiger partial charge in [0, 0.05) is 9.77 Å². The first-order valence-electron chi connectivity index (χ1n) is 5.18. The third-order valence-electron chi connectivity index (χ3n) is 2.35. The van der Waals surface area contributed by atoms with Crippen LogP contribution in [-0.2, 0) is 0 Å². The Labute approximate surface area is 121 Å². The smallest absolute Gasteiger partial charge is 0.337 e. The van der Waals surface area contributed by atoms with Gasteiger partial charge in [-0.15, -0.1) is 0 Å². The monoisotopic (exact) mass is 373 g/mol. The summed E-state index contributed by atoms with van der Waals surface area (Å²) in [4.78, 5) is 14.7. The lowest BCUT2D eigenvalue weighted by atomic mass is 10.2. The molecule has 0 unspecified atom stereocenters. The van der Waals surface area contributed by atoms with Crippen LogP contribution in [0.25, 0.3) is 0 Å². The third-order valence-corrected chi connectivity index (χ3v) is 3.24. The van der Waals surface area contributed by atoms with Crippen LogP contribution in [0.5, 0.6) is 0 Å². The van der Waals surface area contributed by atoms with Gasteiger partial charge in [-0.1, -0.05) is 0 Å². The molecule has 0 aliphatic rings. The minimum atomic E-state index is -1.10. The molecular formula is C12H9FIN3O2. The van der Waals surface area contributed by atoms with Crippen LogP contribution in [0, 0.1) is 9.39 Å². The Morgan fingerprint density at radius 3 is 2.74 bits per heavy atom. The molecule has 0 aliphatic carbocycles.